The minimum absolute atomic E-state index is 0.330. The maximum atomic E-state index is 12.6. The van der Waals surface area contributed by atoms with Crippen molar-refractivity contribution in [2.45, 2.75) is 78.1 Å². The van der Waals surface area contributed by atoms with Gasteiger partial charge in [-0.25, -0.2) is 4.79 Å². The molecule has 31 heavy (non-hydrogen) atoms. The van der Waals surface area contributed by atoms with Crippen LogP contribution >= 0.6 is 0 Å². The van der Waals surface area contributed by atoms with Gasteiger partial charge < -0.3 is 4.74 Å². The molecule has 1 saturated carbocycles. The Bertz CT molecular complexity index is 902. The second kappa shape index (κ2) is 11.1. The molecular formula is C28H35NO2. The average molecular weight is 418 g/mol. The van der Waals surface area contributed by atoms with Crippen LogP contribution in [0.15, 0.2) is 42.5 Å². The zero-order valence-corrected chi connectivity index (χ0v) is 19.2. The molecule has 0 amide bonds. The van der Waals surface area contributed by atoms with Crippen molar-refractivity contribution in [1.29, 1.82) is 5.26 Å². The fourth-order valence-corrected chi connectivity index (χ4v) is 4.72. The zero-order chi connectivity index (χ0) is 22.2. The van der Waals surface area contributed by atoms with E-state index in [2.05, 4.69) is 39.0 Å². The van der Waals surface area contributed by atoms with Gasteiger partial charge >= 0.3 is 5.97 Å². The highest BCUT2D eigenvalue weighted by atomic mass is 16.5. The normalized spacial score (nSPS) is 19.4. The predicted molar refractivity (Wildman–Crippen MR) is 125 cm³/mol. The van der Waals surface area contributed by atoms with Gasteiger partial charge in [-0.2, -0.15) is 5.26 Å². The van der Waals surface area contributed by atoms with Crippen LogP contribution in [0, 0.1) is 23.2 Å². The Kier molecular flexibility index (Phi) is 8.29. The molecule has 0 aliphatic heterocycles. The first-order chi connectivity index (χ1) is 15.0. The third-order valence-corrected chi connectivity index (χ3v) is 6.80. The number of rotatable bonds is 8. The standard InChI is InChI=1S/C28H35NO2/c1-4-6-21-9-16-27(26(18-21)19-29)31-28(30)25-14-12-24(13-15-25)23-10-7-22(8-11-23)17-20(3)5-2/h9,12-16,18,20,22-23H,4-8,10-11,17H2,1-3H3. The van der Waals surface area contributed by atoms with Crippen LogP contribution in [-0.4, -0.2) is 5.97 Å². The third kappa shape index (κ3) is 6.20. The fourth-order valence-electron chi connectivity index (χ4n) is 4.72. The SMILES string of the molecule is CCCc1ccc(OC(=O)c2ccc(C3CCC(CC(C)CC)CC3)cc2)c(C#N)c1. The first-order valence-electron chi connectivity index (χ1n) is 11.9. The molecular weight excluding hydrogens is 382 g/mol. The second-order valence-corrected chi connectivity index (χ2v) is 9.17. The number of aryl methyl sites for hydroxylation is 1. The first kappa shape index (κ1) is 23.1. The Morgan fingerprint density at radius 2 is 1.81 bits per heavy atom. The van der Waals surface area contributed by atoms with E-state index in [0.29, 0.717) is 22.8 Å². The molecule has 1 aliphatic rings. The minimum Gasteiger partial charge on any atom is -0.422 e. The van der Waals surface area contributed by atoms with Crippen LogP contribution in [0.2, 0.25) is 0 Å². The van der Waals surface area contributed by atoms with Crippen LogP contribution in [0.1, 0.15) is 98.7 Å². The Morgan fingerprint density at radius 3 is 2.42 bits per heavy atom. The summed E-state index contributed by atoms with van der Waals surface area (Å²) in [6, 6.07) is 15.5. The maximum absolute atomic E-state index is 12.6. The Labute approximate surface area is 187 Å². The highest BCUT2D eigenvalue weighted by Crippen LogP contribution is 2.38. The molecule has 1 aliphatic carbocycles. The van der Waals surface area contributed by atoms with Gasteiger partial charge in [0, 0.05) is 0 Å². The van der Waals surface area contributed by atoms with Crippen LogP contribution in [-0.2, 0) is 6.42 Å². The van der Waals surface area contributed by atoms with Crippen LogP contribution in [0.3, 0.4) is 0 Å². The number of nitriles is 1. The lowest BCUT2D eigenvalue weighted by Gasteiger charge is -2.30. The van der Waals surface area contributed by atoms with E-state index in [1.807, 2.05) is 24.3 Å². The second-order valence-electron chi connectivity index (χ2n) is 9.17. The molecule has 1 fully saturated rings. The van der Waals surface area contributed by atoms with Crippen LogP contribution in [0.4, 0.5) is 0 Å². The molecule has 0 bridgehead atoms. The van der Waals surface area contributed by atoms with E-state index in [4.69, 9.17) is 4.74 Å². The molecule has 0 saturated heterocycles. The lowest BCUT2D eigenvalue weighted by molar-refractivity contribution is 0.0734. The topological polar surface area (TPSA) is 50.1 Å². The molecule has 3 rings (SSSR count). The molecule has 0 radical (unpaired) electrons. The van der Waals surface area contributed by atoms with Crippen molar-refractivity contribution in [3.05, 3.63) is 64.7 Å². The lowest BCUT2D eigenvalue weighted by Crippen LogP contribution is -2.16. The smallest absolute Gasteiger partial charge is 0.343 e. The van der Waals surface area contributed by atoms with Gasteiger partial charge in [-0.1, -0.05) is 51.8 Å². The van der Waals surface area contributed by atoms with Crippen molar-refractivity contribution in [2.75, 3.05) is 0 Å². The molecule has 3 heteroatoms. The molecule has 0 aromatic heterocycles. The number of hydrogen-bond donors (Lipinski definition) is 0. The van der Waals surface area contributed by atoms with Gasteiger partial charge in [-0.15, -0.1) is 0 Å². The van der Waals surface area contributed by atoms with E-state index in [9.17, 15) is 10.1 Å². The number of hydrogen-bond acceptors (Lipinski definition) is 3. The number of carbonyl (C=O) groups is 1. The number of benzene rings is 2. The Morgan fingerprint density at radius 1 is 1.10 bits per heavy atom. The largest absolute Gasteiger partial charge is 0.422 e. The minimum atomic E-state index is -0.413. The van der Waals surface area contributed by atoms with Gasteiger partial charge in [0.05, 0.1) is 11.1 Å². The van der Waals surface area contributed by atoms with E-state index in [1.165, 1.54) is 44.1 Å². The number of carbonyl (C=O) groups excluding carboxylic acids is 1. The summed E-state index contributed by atoms with van der Waals surface area (Å²) < 4.78 is 5.54. The molecule has 0 spiro atoms. The highest BCUT2D eigenvalue weighted by molar-refractivity contribution is 5.91. The van der Waals surface area contributed by atoms with E-state index >= 15 is 0 Å². The summed E-state index contributed by atoms with van der Waals surface area (Å²) in [5, 5.41) is 9.41. The van der Waals surface area contributed by atoms with Gasteiger partial charge in [-0.05, 0) is 91.7 Å². The maximum Gasteiger partial charge on any atom is 0.343 e. The van der Waals surface area contributed by atoms with Crippen molar-refractivity contribution in [3.63, 3.8) is 0 Å². The van der Waals surface area contributed by atoms with Crippen molar-refractivity contribution in [1.82, 2.24) is 0 Å². The van der Waals surface area contributed by atoms with Crippen molar-refractivity contribution in [2.24, 2.45) is 11.8 Å². The summed E-state index contributed by atoms with van der Waals surface area (Å²) in [6.07, 6.45) is 9.64. The summed E-state index contributed by atoms with van der Waals surface area (Å²) in [4.78, 5) is 12.6. The molecule has 2 aromatic carbocycles. The van der Waals surface area contributed by atoms with Gasteiger partial charge in [0.15, 0.2) is 0 Å². The van der Waals surface area contributed by atoms with Crippen molar-refractivity contribution in [3.8, 4) is 11.8 Å². The number of ether oxygens (including phenoxy) is 1. The highest BCUT2D eigenvalue weighted by Gasteiger charge is 2.23. The van der Waals surface area contributed by atoms with Crippen molar-refractivity contribution >= 4 is 5.97 Å². The van der Waals surface area contributed by atoms with Crippen LogP contribution < -0.4 is 4.74 Å². The lowest BCUT2D eigenvalue weighted by atomic mass is 9.75. The number of nitrogens with zero attached hydrogens (tertiary/aromatic N) is 1. The van der Waals surface area contributed by atoms with Crippen LogP contribution in [0.5, 0.6) is 5.75 Å². The van der Waals surface area contributed by atoms with Gasteiger partial charge in [-0.3, -0.25) is 0 Å². The molecule has 3 nitrogen and oxygen atoms in total. The average Bonchev–Trinajstić information content (AvgIpc) is 2.80. The van der Waals surface area contributed by atoms with E-state index in [0.717, 1.165) is 30.2 Å². The molecule has 164 valence electrons. The zero-order valence-electron chi connectivity index (χ0n) is 19.2. The molecule has 2 aromatic rings. The molecule has 0 N–H and O–H groups in total. The van der Waals surface area contributed by atoms with E-state index in [1.54, 1.807) is 6.07 Å². The fraction of sp³-hybridized carbons (Fsp3) is 0.500. The van der Waals surface area contributed by atoms with Gasteiger partial charge in [0.2, 0.25) is 0 Å². The molecule has 1 atom stereocenters. The molecule has 0 heterocycles. The monoisotopic (exact) mass is 417 g/mol. The van der Waals surface area contributed by atoms with Gasteiger partial charge in [0.25, 0.3) is 0 Å². The summed E-state index contributed by atoms with van der Waals surface area (Å²) in [6.45, 7) is 6.75. The van der Waals surface area contributed by atoms with E-state index < -0.39 is 5.97 Å². The van der Waals surface area contributed by atoms with E-state index in [-0.39, 0.29) is 0 Å². The van der Waals surface area contributed by atoms with Crippen LogP contribution in [0.25, 0.3) is 0 Å². The third-order valence-electron chi connectivity index (χ3n) is 6.80. The molecule has 1 unspecified atom stereocenters. The van der Waals surface area contributed by atoms with Crippen molar-refractivity contribution < 1.29 is 9.53 Å². The first-order valence-corrected chi connectivity index (χ1v) is 11.9. The van der Waals surface area contributed by atoms with Gasteiger partial charge in [0.1, 0.15) is 11.8 Å². The summed E-state index contributed by atoms with van der Waals surface area (Å²) in [5.74, 6) is 2.21. The summed E-state index contributed by atoms with van der Waals surface area (Å²) in [7, 11) is 0. The summed E-state index contributed by atoms with van der Waals surface area (Å²) in [5.41, 5.74) is 3.34. The predicted octanol–water partition coefficient (Wildman–Crippen LogP) is 7.44. The Balaban J connectivity index is 1.59. The quantitative estimate of drug-likeness (QED) is 0.331. The Hall–Kier alpha value is -2.60. The summed E-state index contributed by atoms with van der Waals surface area (Å²) >= 11 is 0. The number of esters is 1.